The first kappa shape index (κ1) is 16.9. The van der Waals surface area contributed by atoms with Gasteiger partial charge in [0.25, 0.3) is 10.0 Å². The molecule has 0 radical (unpaired) electrons. The number of likely N-dealkylation sites (N-methyl/N-ethyl adjacent to an activating group) is 1. The van der Waals surface area contributed by atoms with Crippen LogP contribution in [-0.2, 0) is 24.3 Å². The topological polar surface area (TPSA) is 105 Å². The molecule has 0 unspecified atom stereocenters. The zero-order valence-electron chi connectivity index (χ0n) is 11.9. The van der Waals surface area contributed by atoms with Gasteiger partial charge >= 0.3 is 11.8 Å². The number of nitrogens with one attached hydrogen (secondary N) is 2. The van der Waals surface area contributed by atoms with Crippen LogP contribution in [0.3, 0.4) is 0 Å². The van der Waals surface area contributed by atoms with Crippen LogP contribution in [0.1, 0.15) is 6.42 Å². The lowest BCUT2D eigenvalue weighted by molar-refractivity contribution is -0.139. The predicted molar refractivity (Wildman–Crippen MR) is 79.6 cm³/mol. The summed E-state index contributed by atoms with van der Waals surface area (Å²) in [4.78, 5) is 22.6. The molecule has 1 aromatic heterocycles. The molecule has 8 nitrogen and oxygen atoms in total. The minimum Gasteiger partial charge on any atom is -0.360 e. The fourth-order valence-corrected chi connectivity index (χ4v) is 4.69. The zero-order valence-corrected chi connectivity index (χ0v) is 13.6. The Bertz CT molecular complexity index is 629. The number of rotatable bonds is 4. The van der Waals surface area contributed by atoms with Crippen LogP contribution in [0, 0.1) is 0 Å². The van der Waals surface area contributed by atoms with E-state index in [1.54, 1.807) is 11.4 Å². The fourth-order valence-electron chi connectivity index (χ4n) is 2.00. The molecule has 2 amide bonds. The molecule has 1 fully saturated rings. The highest BCUT2D eigenvalue weighted by atomic mass is 32.2. The molecule has 22 heavy (non-hydrogen) atoms. The van der Waals surface area contributed by atoms with Crippen molar-refractivity contribution in [1.29, 1.82) is 0 Å². The molecule has 1 atom stereocenters. The van der Waals surface area contributed by atoms with E-state index in [1.807, 2.05) is 0 Å². The number of hydrogen-bond acceptors (Lipinski definition) is 6. The van der Waals surface area contributed by atoms with Crippen molar-refractivity contribution in [2.75, 3.05) is 26.7 Å². The standard InChI is InChI=1S/C12H17N3O5S2/c1-13-11(16)12(17)14-8-9-15(5-3-6-20-9)22(18,19)10-4-2-7-21-10/h2,4,7,9H,3,5-6,8H2,1H3,(H,13,16)(H,14,17)/t9-/m1/s1. The number of nitrogens with zero attached hydrogens (tertiary/aromatic N) is 1. The maximum Gasteiger partial charge on any atom is 0.309 e. The van der Waals surface area contributed by atoms with Crippen molar-refractivity contribution in [3.63, 3.8) is 0 Å². The summed E-state index contributed by atoms with van der Waals surface area (Å²) < 4.78 is 32.0. The number of carbonyl (C=O) groups excluding carboxylic acids is 2. The van der Waals surface area contributed by atoms with E-state index in [1.165, 1.54) is 17.4 Å². The van der Waals surface area contributed by atoms with E-state index in [4.69, 9.17) is 4.74 Å². The first-order valence-corrected chi connectivity index (χ1v) is 8.95. The van der Waals surface area contributed by atoms with Crippen LogP contribution in [0.5, 0.6) is 0 Å². The van der Waals surface area contributed by atoms with Crippen LogP contribution in [0.15, 0.2) is 21.7 Å². The van der Waals surface area contributed by atoms with Gasteiger partial charge in [-0.15, -0.1) is 11.3 Å². The second-order valence-electron chi connectivity index (χ2n) is 4.52. The van der Waals surface area contributed by atoms with Gasteiger partial charge < -0.3 is 15.4 Å². The Morgan fingerprint density at radius 1 is 1.45 bits per heavy atom. The summed E-state index contributed by atoms with van der Waals surface area (Å²) in [5.41, 5.74) is 0. The summed E-state index contributed by atoms with van der Waals surface area (Å²) in [6.07, 6.45) is -0.251. The van der Waals surface area contributed by atoms with Crippen molar-refractivity contribution in [2.45, 2.75) is 16.9 Å². The molecule has 122 valence electrons. The monoisotopic (exact) mass is 347 g/mol. The maximum absolute atomic E-state index is 12.6. The molecule has 1 aromatic rings. The molecule has 0 spiro atoms. The first-order chi connectivity index (χ1) is 10.5. The molecule has 0 bridgehead atoms. The normalized spacial score (nSPS) is 19.6. The smallest absolute Gasteiger partial charge is 0.309 e. The molecule has 2 heterocycles. The Morgan fingerprint density at radius 3 is 2.86 bits per heavy atom. The number of amides is 2. The molecular formula is C12H17N3O5S2. The Kier molecular flexibility index (Phi) is 5.51. The minimum absolute atomic E-state index is 0.0864. The second kappa shape index (κ2) is 7.18. The maximum atomic E-state index is 12.6. The van der Waals surface area contributed by atoms with Gasteiger partial charge in [-0.05, 0) is 17.9 Å². The van der Waals surface area contributed by atoms with Gasteiger partial charge in [0.05, 0.1) is 13.2 Å². The lowest BCUT2D eigenvalue weighted by Crippen LogP contribution is -2.52. The van der Waals surface area contributed by atoms with Crippen molar-refractivity contribution in [1.82, 2.24) is 14.9 Å². The van der Waals surface area contributed by atoms with Gasteiger partial charge in [0.1, 0.15) is 10.4 Å². The molecule has 10 heteroatoms. The lowest BCUT2D eigenvalue weighted by Gasteiger charge is -2.34. The van der Waals surface area contributed by atoms with Gasteiger partial charge in [-0.25, -0.2) is 8.42 Å². The SMILES string of the molecule is CNC(=O)C(=O)NC[C@H]1OCCCN1S(=O)(=O)c1cccs1. The van der Waals surface area contributed by atoms with Crippen molar-refractivity contribution < 1.29 is 22.7 Å². The Balaban J connectivity index is 2.09. The number of thiophene rings is 1. The molecule has 0 aliphatic carbocycles. The Hall–Kier alpha value is -1.49. The summed E-state index contributed by atoms with van der Waals surface area (Å²) in [6, 6.07) is 3.18. The molecular weight excluding hydrogens is 330 g/mol. The van der Waals surface area contributed by atoms with Crippen LogP contribution in [0.25, 0.3) is 0 Å². The van der Waals surface area contributed by atoms with Gasteiger partial charge in [-0.3, -0.25) is 9.59 Å². The van der Waals surface area contributed by atoms with Crippen molar-refractivity contribution >= 4 is 33.2 Å². The second-order valence-corrected chi connectivity index (χ2v) is 7.58. The number of ether oxygens (including phenoxy) is 1. The number of carbonyl (C=O) groups is 2. The highest BCUT2D eigenvalue weighted by Gasteiger charge is 2.35. The van der Waals surface area contributed by atoms with Crippen molar-refractivity contribution in [3.05, 3.63) is 17.5 Å². The summed E-state index contributed by atoms with van der Waals surface area (Å²) in [7, 11) is -2.33. The van der Waals surface area contributed by atoms with Crippen LogP contribution < -0.4 is 10.6 Å². The average Bonchev–Trinajstić information content (AvgIpc) is 3.07. The first-order valence-electron chi connectivity index (χ1n) is 6.63. The summed E-state index contributed by atoms with van der Waals surface area (Å²) in [5.74, 6) is -1.62. The van der Waals surface area contributed by atoms with Crippen molar-refractivity contribution in [3.8, 4) is 0 Å². The molecule has 1 aliphatic rings. The third-order valence-electron chi connectivity index (χ3n) is 3.08. The molecule has 2 rings (SSSR count). The van der Waals surface area contributed by atoms with E-state index in [-0.39, 0.29) is 10.8 Å². The molecule has 1 saturated heterocycles. The molecule has 0 aromatic carbocycles. The fraction of sp³-hybridized carbons (Fsp3) is 0.500. The third kappa shape index (κ3) is 3.64. The largest absolute Gasteiger partial charge is 0.360 e. The van der Waals surface area contributed by atoms with Gasteiger partial charge in [0, 0.05) is 13.6 Å². The lowest BCUT2D eigenvalue weighted by atomic mass is 10.3. The number of sulfonamides is 1. The van der Waals surface area contributed by atoms with Crippen molar-refractivity contribution in [2.24, 2.45) is 0 Å². The highest BCUT2D eigenvalue weighted by molar-refractivity contribution is 7.91. The van der Waals surface area contributed by atoms with E-state index >= 15 is 0 Å². The van der Waals surface area contributed by atoms with Crippen LogP contribution >= 0.6 is 11.3 Å². The van der Waals surface area contributed by atoms with Crippen LogP contribution in [0.2, 0.25) is 0 Å². The third-order valence-corrected chi connectivity index (χ3v) is 6.34. The molecule has 1 aliphatic heterocycles. The van der Waals surface area contributed by atoms with E-state index in [0.717, 1.165) is 11.3 Å². The quantitative estimate of drug-likeness (QED) is 0.704. The predicted octanol–water partition coefficient (Wildman–Crippen LogP) is -0.653. The van der Waals surface area contributed by atoms with Crippen LogP contribution in [0.4, 0.5) is 0 Å². The van der Waals surface area contributed by atoms with E-state index in [2.05, 4.69) is 10.6 Å². The van der Waals surface area contributed by atoms with Gasteiger partial charge in [-0.2, -0.15) is 4.31 Å². The Morgan fingerprint density at radius 2 is 2.23 bits per heavy atom. The van der Waals surface area contributed by atoms with Gasteiger partial charge in [0.15, 0.2) is 0 Å². The highest BCUT2D eigenvalue weighted by Crippen LogP contribution is 2.25. The van der Waals surface area contributed by atoms with E-state index < -0.39 is 28.1 Å². The van der Waals surface area contributed by atoms with Gasteiger partial charge in [0.2, 0.25) is 0 Å². The summed E-state index contributed by atoms with van der Waals surface area (Å²) in [6.45, 7) is 0.620. The zero-order chi connectivity index (χ0) is 16.2. The van der Waals surface area contributed by atoms with E-state index in [9.17, 15) is 18.0 Å². The van der Waals surface area contributed by atoms with Gasteiger partial charge in [-0.1, -0.05) is 6.07 Å². The average molecular weight is 347 g/mol. The minimum atomic E-state index is -3.67. The molecule has 0 saturated carbocycles. The van der Waals surface area contributed by atoms with Crippen LogP contribution in [-0.4, -0.2) is 57.5 Å². The summed E-state index contributed by atoms with van der Waals surface area (Å²) in [5, 5.41) is 6.25. The summed E-state index contributed by atoms with van der Waals surface area (Å²) >= 11 is 1.12. The number of hydrogen-bond donors (Lipinski definition) is 2. The van der Waals surface area contributed by atoms with E-state index in [0.29, 0.717) is 19.6 Å². The molecule has 2 N–H and O–H groups in total. The Labute approximate surface area is 132 Å².